The van der Waals surface area contributed by atoms with Gasteiger partial charge in [-0.1, -0.05) is 48.9 Å². The predicted octanol–water partition coefficient (Wildman–Crippen LogP) is 4.48. The molecule has 2 aromatic rings. The smallest absolute Gasteiger partial charge is 0.223 e. The largest absolute Gasteiger partial charge is 0.497 e. The molecule has 4 nitrogen and oxygen atoms in total. The number of benzene rings is 2. The first-order valence-corrected chi connectivity index (χ1v) is 10.3. The van der Waals surface area contributed by atoms with Gasteiger partial charge in [-0.05, 0) is 62.5 Å². The number of methoxy groups -OCH3 is 1. The van der Waals surface area contributed by atoms with E-state index < -0.39 is 0 Å². The number of carbonyl (C=O) groups excluding carboxylic acids is 1. The second-order valence-corrected chi connectivity index (χ2v) is 7.78. The molecular weight excluding hydrogens is 348 g/mol. The molecule has 1 aliphatic heterocycles. The highest BCUT2D eigenvalue weighted by Gasteiger charge is 2.26. The molecular formula is C24H32N2O2. The average Bonchev–Trinajstić information content (AvgIpc) is 2.72. The van der Waals surface area contributed by atoms with Gasteiger partial charge in [-0.15, -0.1) is 0 Å². The summed E-state index contributed by atoms with van der Waals surface area (Å²) in [7, 11) is 1.67. The van der Waals surface area contributed by atoms with Crippen LogP contribution in [0, 0.1) is 12.8 Å². The summed E-state index contributed by atoms with van der Waals surface area (Å²) < 4.78 is 5.23. The van der Waals surface area contributed by atoms with E-state index in [-0.39, 0.29) is 17.9 Å². The van der Waals surface area contributed by atoms with Gasteiger partial charge in [0.2, 0.25) is 5.91 Å². The van der Waals surface area contributed by atoms with Crippen LogP contribution in [0.15, 0.2) is 48.5 Å². The zero-order chi connectivity index (χ0) is 19.9. The summed E-state index contributed by atoms with van der Waals surface area (Å²) in [6.07, 6.45) is 2.73. The Morgan fingerprint density at radius 2 is 1.89 bits per heavy atom. The average molecular weight is 381 g/mol. The molecule has 28 heavy (non-hydrogen) atoms. The normalized spacial score (nSPS) is 16.5. The summed E-state index contributed by atoms with van der Waals surface area (Å²) in [6.45, 7) is 7.17. The van der Waals surface area contributed by atoms with E-state index in [1.807, 2.05) is 24.3 Å². The third-order valence-electron chi connectivity index (χ3n) is 5.69. The summed E-state index contributed by atoms with van der Waals surface area (Å²) in [5.41, 5.74) is 3.79. The Hall–Kier alpha value is -2.33. The number of amides is 1. The van der Waals surface area contributed by atoms with Crippen LogP contribution in [0.2, 0.25) is 0 Å². The molecule has 0 bridgehead atoms. The van der Waals surface area contributed by atoms with E-state index in [4.69, 9.17) is 4.74 Å². The van der Waals surface area contributed by atoms with Crippen LogP contribution < -0.4 is 10.1 Å². The Bertz CT molecular complexity index is 764. The van der Waals surface area contributed by atoms with E-state index in [1.165, 1.54) is 11.1 Å². The third-order valence-corrected chi connectivity index (χ3v) is 5.69. The number of hydrogen-bond donors (Lipinski definition) is 1. The molecule has 0 saturated carbocycles. The van der Waals surface area contributed by atoms with Crippen LogP contribution in [0.5, 0.6) is 5.75 Å². The second kappa shape index (κ2) is 9.74. The number of carbonyl (C=O) groups is 1. The molecule has 0 aliphatic carbocycles. The fraction of sp³-hybridized carbons (Fsp3) is 0.458. The van der Waals surface area contributed by atoms with Crippen molar-refractivity contribution in [1.29, 1.82) is 0 Å². The zero-order valence-corrected chi connectivity index (χ0v) is 17.3. The minimum absolute atomic E-state index is 0.0590. The highest BCUT2D eigenvalue weighted by Crippen LogP contribution is 2.24. The Morgan fingerprint density at radius 3 is 2.50 bits per heavy atom. The summed E-state index contributed by atoms with van der Waals surface area (Å²) in [4.78, 5) is 15.3. The molecule has 1 atom stereocenters. The van der Waals surface area contributed by atoms with E-state index in [9.17, 15) is 4.79 Å². The summed E-state index contributed by atoms with van der Waals surface area (Å²) in [6, 6.07) is 16.7. The minimum atomic E-state index is 0.0590. The number of aryl methyl sites for hydroxylation is 1. The van der Waals surface area contributed by atoms with Crippen LogP contribution in [0.25, 0.3) is 0 Å². The molecule has 3 rings (SSSR count). The highest BCUT2D eigenvalue weighted by atomic mass is 16.5. The maximum Gasteiger partial charge on any atom is 0.223 e. The van der Waals surface area contributed by atoms with Gasteiger partial charge in [0, 0.05) is 12.5 Å². The molecule has 1 unspecified atom stereocenters. The SMILES string of the molecule is CCC(NC(=O)C1CCN(Cc2cccc(C)c2)CC1)c1ccc(OC)cc1. The van der Waals surface area contributed by atoms with Crippen LogP contribution in [0.4, 0.5) is 0 Å². The molecule has 1 amide bonds. The number of piperidine rings is 1. The van der Waals surface area contributed by atoms with Crippen LogP contribution >= 0.6 is 0 Å². The van der Waals surface area contributed by atoms with Gasteiger partial charge < -0.3 is 10.1 Å². The van der Waals surface area contributed by atoms with Gasteiger partial charge in [0.05, 0.1) is 13.2 Å². The predicted molar refractivity (Wildman–Crippen MR) is 113 cm³/mol. The Balaban J connectivity index is 1.51. The number of hydrogen-bond acceptors (Lipinski definition) is 3. The van der Waals surface area contributed by atoms with E-state index in [2.05, 4.69) is 48.3 Å². The molecule has 0 spiro atoms. The quantitative estimate of drug-likeness (QED) is 0.770. The van der Waals surface area contributed by atoms with Gasteiger partial charge in [-0.2, -0.15) is 0 Å². The van der Waals surface area contributed by atoms with E-state index in [0.29, 0.717) is 0 Å². The molecule has 0 aromatic heterocycles. The fourth-order valence-corrected chi connectivity index (χ4v) is 3.97. The van der Waals surface area contributed by atoms with Crippen molar-refractivity contribution in [3.8, 4) is 5.75 Å². The van der Waals surface area contributed by atoms with Crippen molar-refractivity contribution in [3.63, 3.8) is 0 Å². The Kier molecular flexibility index (Phi) is 7.10. The zero-order valence-electron chi connectivity index (χ0n) is 17.3. The molecule has 4 heteroatoms. The minimum Gasteiger partial charge on any atom is -0.497 e. The van der Waals surface area contributed by atoms with Crippen LogP contribution in [0.3, 0.4) is 0 Å². The maximum atomic E-state index is 12.8. The van der Waals surface area contributed by atoms with Crippen molar-refractivity contribution in [2.75, 3.05) is 20.2 Å². The topological polar surface area (TPSA) is 41.6 Å². The van der Waals surface area contributed by atoms with Crippen LogP contribution in [-0.4, -0.2) is 31.0 Å². The number of likely N-dealkylation sites (tertiary alicyclic amines) is 1. The van der Waals surface area contributed by atoms with Crippen molar-refractivity contribution in [1.82, 2.24) is 10.2 Å². The molecule has 1 fully saturated rings. The molecule has 150 valence electrons. The monoisotopic (exact) mass is 380 g/mol. The van der Waals surface area contributed by atoms with Crippen molar-refractivity contribution < 1.29 is 9.53 Å². The number of nitrogens with zero attached hydrogens (tertiary/aromatic N) is 1. The molecule has 1 saturated heterocycles. The van der Waals surface area contributed by atoms with Gasteiger partial charge in [0.25, 0.3) is 0 Å². The number of ether oxygens (including phenoxy) is 1. The second-order valence-electron chi connectivity index (χ2n) is 7.78. The van der Waals surface area contributed by atoms with Crippen molar-refractivity contribution in [2.24, 2.45) is 5.92 Å². The molecule has 0 radical (unpaired) electrons. The summed E-state index contributed by atoms with van der Waals surface area (Å²) >= 11 is 0. The number of nitrogens with one attached hydrogen (secondary N) is 1. The number of rotatable bonds is 7. The van der Waals surface area contributed by atoms with Crippen molar-refractivity contribution in [2.45, 2.75) is 45.7 Å². The van der Waals surface area contributed by atoms with Gasteiger partial charge >= 0.3 is 0 Å². The van der Waals surface area contributed by atoms with Crippen LogP contribution in [0.1, 0.15) is 48.9 Å². The summed E-state index contributed by atoms with van der Waals surface area (Å²) in [5.74, 6) is 1.14. The van der Waals surface area contributed by atoms with Gasteiger partial charge in [-0.25, -0.2) is 0 Å². The van der Waals surface area contributed by atoms with Crippen LogP contribution in [-0.2, 0) is 11.3 Å². The highest BCUT2D eigenvalue weighted by molar-refractivity contribution is 5.79. The maximum absolute atomic E-state index is 12.8. The van der Waals surface area contributed by atoms with Crippen molar-refractivity contribution in [3.05, 3.63) is 65.2 Å². The lowest BCUT2D eigenvalue weighted by Crippen LogP contribution is -2.41. The summed E-state index contributed by atoms with van der Waals surface area (Å²) in [5, 5.41) is 3.26. The van der Waals surface area contributed by atoms with E-state index in [0.717, 1.165) is 50.2 Å². The van der Waals surface area contributed by atoms with Gasteiger partial charge in [0.15, 0.2) is 0 Å². The first kappa shape index (κ1) is 20.4. The molecule has 1 aliphatic rings. The van der Waals surface area contributed by atoms with Crippen molar-refractivity contribution >= 4 is 5.91 Å². The Labute approximate surface area is 168 Å². The lowest BCUT2D eigenvalue weighted by atomic mass is 9.94. The lowest BCUT2D eigenvalue weighted by Gasteiger charge is -2.32. The standard InChI is InChI=1S/C24H32N2O2/c1-4-23(20-8-10-22(28-3)11-9-20)25-24(27)21-12-14-26(15-13-21)17-19-7-5-6-18(2)16-19/h5-11,16,21,23H,4,12-15,17H2,1-3H3,(H,25,27). The first-order chi connectivity index (χ1) is 13.6. The lowest BCUT2D eigenvalue weighted by molar-refractivity contribution is -0.127. The molecule has 2 aromatic carbocycles. The molecule has 1 heterocycles. The van der Waals surface area contributed by atoms with Gasteiger partial charge in [0.1, 0.15) is 5.75 Å². The van der Waals surface area contributed by atoms with E-state index in [1.54, 1.807) is 7.11 Å². The van der Waals surface area contributed by atoms with E-state index >= 15 is 0 Å². The Morgan fingerprint density at radius 1 is 1.18 bits per heavy atom. The molecule has 1 N–H and O–H groups in total. The third kappa shape index (κ3) is 5.35. The first-order valence-electron chi connectivity index (χ1n) is 10.3. The van der Waals surface area contributed by atoms with Gasteiger partial charge in [-0.3, -0.25) is 9.69 Å². The fourth-order valence-electron chi connectivity index (χ4n) is 3.97.